The van der Waals surface area contributed by atoms with Gasteiger partial charge < -0.3 is 5.73 Å². The van der Waals surface area contributed by atoms with Crippen molar-refractivity contribution in [1.82, 2.24) is 14.8 Å². The summed E-state index contributed by atoms with van der Waals surface area (Å²) in [6, 6.07) is 5.79. The maximum absolute atomic E-state index is 5.99. The van der Waals surface area contributed by atoms with E-state index < -0.39 is 0 Å². The van der Waals surface area contributed by atoms with Crippen LogP contribution in [0, 0.1) is 0 Å². The Labute approximate surface area is 108 Å². The second-order valence-corrected chi connectivity index (χ2v) is 5.34. The molecule has 1 aliphatic rings. The molecular formula is C12H13BrN4. The van der Waals surface area contributed by atoms with E-state index in [-0.39, 0.29) is 0 Å². The molecule has 1 saturated carbocycles. The molecule has 0 amide bonds. The van der Waals surface area contributed by atoms with Gasteiger partial charge in [0.2, 0.25) is 0 Å². The third kappa shape index (κ3) is 1.95. The monoisotopic (exact) mass is 292 g/mol. The fourth-order valence-corrected chi connectivity index (χ4v) is 2.24. The highest BCUT2D eigenvalue weighted by Crippen LogP contribution is 2.39. The normalized spacial score (nSPS) is 15.2. The molecule has 0 atom stereocenters. The number of nitrogen functional groups attached to an aromatic ring is 1. The van der Waals surface area contributed by atoms with Gasteiger partial charge in [0.25, 0.3) is 0 Å². The van der Waals surface area contributed by atoms with Gasteiger partial charge in [0.1, 0.15) is 0 Å². The number of benzene rings is 1. The molecular weight excluding hydrogens is 280 g/mol. The van der Waals surface area contributed by atoms with Gasteiger partial charge in [0, 0.05) is 28.7 Å². The Balaban J connectivity index is 2.10. The van der Waals surface area contributed by atoms with Crippen molar-refractivity contribution in [2.75, 3.05) is 5.73 Å². The van der Waals surface area contributed by atoms with Gasteiger partial charge >= 0.3 is 0 Å². The standard InChI is InChI=1S/C12H13BrN4/c1-17-12(15-11(16-17)7-2-3-7)9-6-8(13)4-5-10(9)14/h4-7H,2-3,14H2,1H3. The predicted molar refractivity (Wildman–Crippen MR) is 70.5 cm³/mol. The van der Waals surface area contributed by atoms with Gasteiger partial charge in [0.05, 0.1) is 0 Å². The van der Waals surface area contributed by atoms with Crippen LogP contribution in [0.2, 0.25) is 0 Å². The molecule has 88 valence electrons. The first kappa shape index (κ1) is 10.8. The summed E-state index contributed by atoms with van der Waals surface area (Å²) in [5, 5.41) is 4.45. The number of nitrogens with zero attached hydrogens (tertiary/aromatic N) is 3. The number of aromatic nitrogens is 3. The van der Waals surface area contributed by atoms with E-state index in [4.69, 9.17) is 5.73 Å². The molecule has 5 heteroatoms. The molecule has 1 aromatic heterocycles. The highest BCUT2D eigenvalue weighted by Gasteiger charge is 2.28. The quantitative estimate of drug-likeness (QED) is 0.866. The van der Waals surface area contributed by atoms with E-state index in [2.05, 4.69) is 26.0 Å². The molecule has 0 spiro atoms. The topological polar surface area (TPSA) is 56.7 Å². The van der Waals surface area contributed by atoms with Crippen LogP contribution in [0.5, 0.6) is 0 Å². The number of hydrogen-bond acceptors (Lipinski definition) is 3. The van der Waals surface area contributed by atoms with Gasteiger partial charge in [-0.25, -0.2) is 9.67 Å². The van der Waals surface area contributed by atoms with Crippen molar-refractivity contribution in [1.29, 1.82) is 0 Å². The molecule has 2 aromatic rings. The number of hydrogen-bond donors (Lipinski definition) is 1. The van der Waals surface area contributed by atoms with Crippen molar-refractivity contribution in [2.24, 2.45) is 7.05 Å². The Hall–Kier alpha value is -1.36. The van der Waals surface area contributed by atoms with Crippen LogP contribution >= 0.6 is 15.9 Å². The van der Waals surface area contributed by atoms with Gasteiger partial charge in [-0.05, 0) is 31.0 Å². The lowest BCUT2D eigenvalue weighted by Gasteiger charge is -2.04. The minimum atomic E-state index is 0.559. The van der Waals surface area contributed by atoms with Gasteiger partial charge in [-0.1, -0.05) is 15.9 Å². The summed E-state index contributed by atoms with van der Waals surface area (Å²) in [4.78, 5) is 4.60. The summed E-state index contributed by atoms with van der Waals surface area (Å²) in [5.74, 6) is 2.34. The molecule has 0 bridgehead atoms. The van der Waals surface area contributed by atoms with E-state index in [9.17, 15) is 0 Å². The maximum atomic E-state index is 5.99. The van der Waals surface area contributed by atoms with E-state index in [0.29, 0.717) is 5.92 Å². The van der Waals surface area contributed by atoms with Gasteiger partial charge in [-0.2, -0.15) is 5.10 Å². The first-order valence-electron chi connectivity index (χ1n) is 5.61. The molecule has 1 aromatic carbocycles. The van der Waals surface area contributed by atoms with Crippen molar-refractivity contribution in [3.63, 3.8) is 0 Å². The van der Waals surface area contributed by atoms with Crippen LogP contribution in [0.25, 0.3) is 11.4 Å². The Morgan fingerprint density at radius 3 is 2.88 bits per heavy atom. The van der Waals surface area contributed by atoms with E-state index in [1.54, 1.807) is 0 Å². The molecule has 4 nitrogen and oxygen atoms in total. The highest BCUT2D eigenvalue weighted by molar-refractivity contribution is 9.10. The first-order valence-corrected chi connectivity index (χ1v) is 6.41. The van der Waals surface area contributed by atoms with E-state index in [0.717, 1.165) is 27.4 Å². The first-order chi connectivity index (χ1) is 8.15. The highest BCUT2D eigenvalue weighted by atomic mass is 79.9. The van der Waals surface area contributed by atoms with Crippen LogP contribution in [-0.4, -0.2) is 14.8 Å². The molecule has 1 fully saturated rings. The Kier molecular flexibility index (Phi) is 2.43. The lowest BCUT2D eigenvalue weighted by molar-refractivity contribution is 0.750. The SMILES string of the molecule is Cn1nc(C2CC2)nc1-c1cc(Br)ccc1N. The molecule has 0 radical (unpaired) electrons. The minimum absolute atomic E-state index is 0.559. The summed E-state index contributed by atoms with van der Waals surface area (Å²) >= 11 is 3.45. The van der Waals surface area contributed by atoms with Crippen LogP contribution in [0.4, 0.5) is 5.69 Å². The van der Waals surface area contributed by atoms with Gasteiger partial charge in [-0.15, -0.1) is 0 Å². The number of nitrogens with two attached hydrogens (primary N) is 1. The second kappa shape index (κ2) is 3.84. The zero-order valence-electron chi connectivity index (χ0n) is 9.52. The lowest BCUT2D eigenvalue weighted by atomic mass is 10.1. The zero-order valence-corrected chi connectivity index (χ0v) is 11.1. The predicted octanol–water partition coefficient (Wildman–Crippen LogP) is 2.70. The zero-order chi connectivity index (χ0) is 12.0. The number of rotatable bonds is 2. The summed E-state index contributed by atoms with van der Waals surface area (Å²) in [7, 11) is 1.91. The number of anilines is 1. The molecule has 3 rings (SSSR count). The van der Waals surface area contributed by atoms with Crippen LogP contribution in [0.15, 0.2) is 22.7 Å². The molecule has 1 aliphatic carbocycles. The Bertz CT molecular complexity index is 572. The van der Waals surface area contributed by atoms with E-state index in [1.807, 2.05) is 29.9 Å². The van der Waals surface area contributed by atoms with Gasteiger partial charge in [-0.3, -0.25) is 0 Å². The van der Waals surface area contributed by atoms with Crippen molar-refractivity contribution < 1.29 is 0 Å². The summed E-state index contributed by atoms with van der Waals surface area (Å²) in [6.45, 7) is 0. The summed E-state index contributed by atoms with van der Waals surface area (Å²) in [5.41, 5.74) is 7.65. The molecule has 0 saturated heterocycles. The van der Waals surface area contributed by atoms with Crippen molar-refractivity contribution in [3.05, 3.63) is 28.5 Å². The largest absolute Gasteiger partial charge is 0.398 e. The average molecular weight is 293 g/mol. The molecule has 0 unspecified atom stereocenters. The fourth-order valence-electron chi connectivity index (χ4n) is 1.88. The van der Waals surface area contributed by atoms with Crippen molar-refractivity contribution in [2.45, 2.75) is 18.8 Å². The van der Waals surface area contributed by atoms with Gasteiger partial charge in [0.15, 0.2) is 11.6 Å². The van der Waals surface area contributed by atoms with Crippen LogP contribution in [0.1, 0.15) is 24.6 Å². The molecule has 0 aliphatic heterocycles. The minimum Gasteiger partial charge on any atom is -0.398 e. The second-order valence-electron chi connectivity index (χ2n) is 4.42. The molecule has 2 N–H and O–H groups in total. The third-order valence-electron chi connectivity index (χ3n) is 2.98. The number of halogens is 1. The number of aryl methyl sites for hydroxylation is 1. The fraction of sp³-hybridized carbons (Fsp3) is 0.333. The van der Waals surface area contributed by atoms with Crippen LogP contribution in [-0.2, 0) is 7.05 Å². The molecule has 17 heavy (non-hydrogen) atoms. The summed E-state index contributed by atoms with van der Waals surface area (Å²) in [6.07, 6.45) is 2.41. The Morgan fingerprint density at radius 2 is 2.18 bits per heavy atom. The maximum Gasteiger partial charge on any atom is 0.160 e. The van der Waals surface area contributed by atoms with Crippen molar-refractivity contribution in [3.8, 4) is 11.4 Å². The van der Waals surface area contributed by atoms with Crippen LogP contribution in [0.3, 0.4) is 0 Å². The van der Waals surface area contributed by atoms with E-state index >= 15 is 0 Å². The van der Waals surface area contributed by atoms with Crippen LogP contribution < -0.4 is 5.73 Å². The summed E-state index contributed by atoms with van der Waals surface area (Å²) < 4.78 is 2.81. The average Bonchev–Trinajstić information content (AvgIpc) is 3.07. The Morgan fingerprint density at radius 1 is 1.41 bits per heavy atom. The van der Waals surface area contributed by atoms with E-state index in [1.165, 1.54) is 12.8 Å². The third-order valence-corrected chi connectivity index (χ3v) is 3.47. The molecule has 1 heterocycles. The smallest absolute Gasteiger partial charge is 0.160 e. The van der Waals surface area contributed by atoms with Crippen molar-refractivity contribution >= 4 is 21.6 Å². The lowest BCUT2D eigenvalue weighted by Crippen LogP contribution is -1.98.